The number of aromatic nitrogens is 1. The van der Waals surface area contributed by atoms with Gasteiger partial charge in [0, 0.05) is 28.9 Å². The number of amides is 1. The molecule has 0 aliphatic rings. The Balaban J connectivity index is 1.69. The molecule has 0 bridgehead atoms. The van der Waals surface area contributed by atoms with Gasteiger partial charge in [0.15, 0.2) is 0 Å². The number of para-hydroxylation sites is 1. The van der Waals surface area contributed by atoms with Gasteiger partial charge in [-0.25, -0.2) is 13.9 Å². The zero-order valence-electron chi connectivity index (χ0n) is 16.7. The molecule has 0 aliphatic carbocycles. The molecule has 158 valence electrons. The van der Waals surface area contributed by atoms with Crippen LogP contribution in [0, 0.1) is 0 Å². The van der Waals surface area contributed by atoms with Crippen molar-refractivity contribution in [3.05, 3.63) is 78.4 Å². The standard InChI is InChI=1S/C23H21N3O4S/c1-2-26-21-9-4-3-8-19(21)20-12-11-17(15-22(20)26)25-31(29,30)18-7-5-6-16(14-18)10-13-23(27)24-28/h3-15,25,28H,2H2,1H3,(H,24,27). The van der Waals surface area contributed by atoms with E-state index in [0.717, 1.165) is 34.4 Å². The molecule has 0 aliphatic heterocycles. The van der Waals surface area contributed by atoms with Gasteiger partial charge in [0.1, 0.15) is 0 Å². The highest BCUT2D eigenvalue weighted by Crippen LogP contribution is 2.31. The molecule has 31 heavy (non-hydrogen) atoms. The minimum Gasteiger partial charge on any atom is -0.341 e. The van der Waals surface area contributed by atoms with E-state index in [2.05, 4.69) is 28.3 Å². The SMILES string of the molecule is CCn1c2ccccc2c2ccc(NS(=O)(=O)c3cccc(C=CC(=O)NO)c3)cc21. The second kappa shape index (κ2) is 8.25. The average Bonchev–Trinajstić information content (AvgIpc) is 3.10. The number of hydrogen-bond acceptors (Lipinski definition) is 4. The molecular formula is C23H21N3O4S. The first-order chi connectivity index (χ1) is 14.9. The van der Waals surface area contributed by atoms with Crippen molar-refractivity contribution in [2.24, 2.45) is 0 Å². The van der Waals surface area contributed by atoms with Crippen molar-refractivity contribution in [2.75, 3.05) is 4.72 Å². The Morgan fingerprint density at radius 1 is 1.00 bits per heavy atom. The van der Waals surface area contributed by atoms with E-state index in [9.17, 15) is 13.2 Å². The van der Waals surface area contributed by atoms with Crippen molar-refractivity contribution in [1.82, 2.24) is 10.0 Å². The summed E-state index contributed by atoms with van der Waals surface area (Å²) in [5.74, 6) is -0.703. The largest absolute Gasteiger partial charge is 0.341 e. The number of anilines is 1. The summed E-state index contributed by atoms with van der Waals surface area (Å²) in [5, 5.41) is 10.8. The number of benzene rings is 3. The Kier molecular flexibility index (Phi) is 5.50. The van der Waals surface area contributed by atoms with E-state index >= 15 is 0 Å². The quantitative estimate of drug-likeness (QED) is 0.241. The molecule has 0 fully saturated rings. The molecule has 3 aromatic carbocycles. The lowest BCUT2D eigenvalue weighted by molar-refractivity contribution is -0.124. The zero-order valence-corrected chi connectivity index (χ0v) is 17.6. The third-order valence-corrected chi connectivity index (χ3v) is 6.43. The number of hydroxylamine groups is 1. The topological polar surface area (TPSA) is 100 Å². The van der Waals surface area contributed by atoms with Crippen molar-refractivity contribution in [3.8, 4) is 0 Å². The predicted molar refractivity (Wildman–Crippen MR) is 121 cm³/mol. The summed E-state index contributed by atoms with van der Waals surface area (Å²) >= 11 is 0. The molecule has 1 amide bonds. The van der Waals surface area contributed by atoms with Gasteiger partial charge in [-0.1, -0.05) is 36.4 Å². The molecule has 0 saturated heterocycles. The Morgan fingerprint density at radius 2 is 1.77 bits per heavy atom. The van der Waals surface area contributed by atoms with Crippen LogP contribution in [0.3, 0.4) is 0 Å². The lowest BCUT2D eigenvalue weighted by atomic mass is 10.1. The number of aryl methyl sites for hydroxylation is 1. The van der Waals surface area contributed by atoms with Crippen molar-refractivity contribution in [3.63, 3.8) is 0 Å². The number of hydrogen-bond donors (Lipinski definition) is 3. The fourth-order valence-corrected chi connectivity index (χ4v) is 4.77. The second-order valence-corrected chi connectivity index (χ2v) is 8.66. The summed E-state index contributed by atoms with van der Waals surface area (Å²) < 4.78 is 30.7. The number of nitrogens with one attached hydrogen (secondary N) is 2. The fraction of sp³-hybridized carbons (Fsp3) is 0.0870. The Labute approximate surface area is 179 Å². The van der Waals surface area contributed by atoms with Gasteiger partial charge in [-0.2, -0.15) is 0 Å². The fourth-order valence-electron chi connectivity index (χ4n) is 3.66. The number of nitrogens with zero attached hydrogens (tertiary/aromatic N) is 1. The number of carbonyl (C=O) groups excluding carboxylic acids is 1. The highest BCUT2D eigenvalue weighted by Gasteiger charge is 2.16. The van der Waals surface area contributed by atoms with Gasteiger partial charge in [-0.3, -0.25) is 14.7 Å². The smallest absolute Gasteiger partial charge is 0.267 e. The Hall–Kier alpha value is -3.62. The van der Waals surface area contributed by atoms with Gasteiger partial charge in [-0.05, 0) is 48.9 Å². The first-order valence-electron chi connectivity index (χ1n) is 9.69. The van der Waals surface area contributed by atoms with Crippen LogP contribution in [0.15, 0.2) is 77.7 Å². The molecule has 0 radical (unpaired) electrons. The molecule has 7 nitrogen and oxygen atoms in total. The van der Waals surface area contributed by atoms with Gasteiger partial charge in [0.2, 0.25) is 0 Å². The highest BCUT2D eigenvalue weighted by atomic mass is 32.2. The predicted octanol–water partition coefficient (Wildman–Crippen LogP) is 4.13. The van der Waals surface area contributed by atoms with Crippen LogP contribution in [0.25, 0.3) is 27.9 Å². The van der Waals surface area contributed by atoms with E-state index in [1.165, 1.54) is 23.7 Å². The van der Waals surface area contributed by atoms with Crippen LogP contribution < -0.4 is 10.2 Å². The van der Waals surface area contributed by atoms with E-state index in [1.807, 2.05) is 24.3 Å². The van der Waals surface area contributed by atoms with Crippen LogP contribution in [-0.2, 0) is 21.4 Å². The minimum atomic E-state index is -3.84. The van der Waals surface area contributed by atoms with Gasteiger partial charge in [-0.15, -0.1) is 0 Å². The molecule has 4 rings (SSSR count). The highest BCUT2D eigenvalue weighted by molar-refractivity contribution is 7.92. The van der Waals surface area contributed by atoms with Gasteiger partial charge in [0.05, 0.1) is 16.1 Å². The molecule has 0 spiro atoms. The zero-order chi connectivity index (χ0) is 22.0. The maximum atomic E-state index is 12.9. The van der Waals surface area contributed by atoms with Crippen molar-refractivity contribution in [1.29, 1.82) is 0 Å². The summed E-state index contributed by atoms with van der Waals surface area (Å²) in [6.07, 6.45) is 2.52. The lowest BCUT2D eigenvalue weighted by Crippen LogP contribution is -2.15. The van der Waals surface area contributed by atoms with Crippen molar-refractivity contribution in [2.45, 2.75) is 18.4 Å². The first kappa shape index (κ1) is 20.6. The van der Waals surface area contributed by atoms with Crippen LogP contribution in [0.4, 0.5) is 5.69 Å². The van der Waals surface area contributed by atoms with Gasteiger partial charge >= 0.3 is 0 Å². The van der Waals surface area contributed by atoms with Crippen LogP contribution in [0.1, 0.15) is 12.5 Å². The van der Waals surface area contributed by atoms with Gasteiger partial charge in [0.25, 0.3) is 15.9 Å². The van der Waals surface area contributed by atoms with Crippen LogP contribution in [0.2, 0.25) is 0 Å². The summed E-state index contributed by atoms with van der Waals surface area (Å²) in [6.45, 7) is 2.81. The summed E-state index contributed by atoms with van der Waals surface area (Å²) in [7, 11) is -3.84. The maximum Gasteiger partial charge on any atom is 0.267 e. The van der Waals surface area contributed by atoms with Crippen molar-refractivity contribution >= 4 is 49.5 Å². The molecule has 4 aromatic rings. The number of fused-ring (bicyclic) bond motifs is 3. The summed E-state index contributed by atoms with van der Waals surface area (Å²) in [6, 6.07) is 19.8. The minimum absolute atomic E-state index is 0.0650. The molecule has 0 saturated carbocycles. The van der Waals surface area contributed by atoms with Crippen LogP contribution >= 0.6 is 0 Å². The van der Waals surface area contributed by atoms with E-state index in [4.69, 9.17) is 5.21 Å². The third-order valence-electron chi connectivity index (χ3n) is 5.05. The molecule has 0 unspecified atom stereocenters. The van der Waals surface area contributed by atoms with Crippen LogP contribution in [-0.4, -0.2) is 24.1 Å². The molecule has 0 atom stereocenters. The van der Waals surface area contributed by atoms with E-state index < -0.39 is 15.9 Å². The average molecular weight is 436 g/mol. The number of sulfonamides is 1. The molecule has 1 heterocycles. The molecular weight excluding hydrogens is 414 g/mol. The Morgan fingerprint density at radius 3 is 2.55 bits per heavy atom. The molecule has 8 heteroatoms. The molecule has 3 N–H and O–H groups in total. The third kappa shape index (κ3) is 4.03. The van der Waals surface area contributed by atoms with E-state index in [-0.39, 0.29) is 4.90 Å². The monoisotopic (exact) mass is 435 g/mol. The second-order valence-electron chi connectivity index (χ2n) is 6.98. The van der Waals surface area contributed by atoms with Crippen molar-refractivity contribution < 1.29 is 18.4 Å². The van der Waals surface area contributed by atoms with E-state index in [1.54, 1.807) is 18.2 Å². The Bertz CT molecular complexity index is 1420. The van der Waals surface area contributed by atoms with Gasteiger partial charge < -0.3 is 4.57 Å². The lowest BCUT2D eigenvalue weighted by Gasteiger charge is -2.10. The normalized spacial score (nSPS) is 11.9. The summed E-state index contributed by atoms with van der Waals surface area (Å²) in [5.41, 5.74) is 4.52. The first-order valence-corrected chi connectivity index (χ1v) is 11.2. The maximum absolute atomic E-state index is 12.9. The molecule has 1 aromatic heterocycles. The number of rotatable bonds is 6. The summed E-state index contributed by atoms with van der Waals surface area (Å²) in [4.78, 5) is 11.2. The number of carbonyl (C=O) groups is 1. The van der Waals surface area contributed by atoms with Crippen LogP contribution in [0.5, 0.6) is 0 Å². The van der Waals surface area contributed by atoms with E-state index in [0.29, 0.717) is 11.3 Å².